The Morgan fingerprint density at radius 1 is 1.15 bits per heavy atom. The van der Waals surface area contributed by atoms with Gasteiger partial charge in [-0.15, -0.1) is 0 Å². The molecule has 0 bridgehead atoms. The van der Waals surface area contributed by atoms with Gasteiger partial charge in [0, 0.05) is 25.4 Å². The molecule has 0 spiro atoms. The third kappa shape index (κ3) is 4.36. The molecule has 0 radical (unpaired) electrons. The van der Waals surface area contributed by atoms with Crippen LogP contribution in [-0.4, -0.2) is 55.2 Å². The van der Waals surface area contributed by atoms with E-state index in [0.717, 1.165) is 17.7 Å². The zero-order chi connectivity index (χ0) is 18.5. The first kappa shape index (κ1) is 18.3. The number of nitrogens with zero attached hydrogens (tertiary/aromatic N) is 4. The minimum absolute atomic E-state index is 0.0284. The van der Waals surface area contributed by atoms with E-state index in [1.165, 1.54) is 5.56 Å². The molecule has 138 valence electrons. The molecule has 0 N–H and O–H groups in total. The molecule has 3 rings (SSSR count). The molecule has 1 aromatic heterocycles. The number of anilines is 1. The first-order chi connectivity index (χ1) is 12.6. The number of carbonyl (C=O) groups excluding carboxylic acids is 1. The molecule has 1 aromatic carbocycles. The van der Waals surface area contributed by atoms with Crippen LogP contribution in [0.4, 0.5) is 5.82 Å². The van der Waals surface area contributed by atoms with Gasteiger partial charge in [-0.1, -0.05) is 24.3 Å². The lowest BCUT2D eigenvalue weighted by atomic mass is 10.1. The van der Waals surface area contributed by atoms with Crippen LogP contribution in [0.1, 0.15) is 16.7 Å². The maximum atomic E-state index is 12.4. The van der Waals surface area contributed by atoms with Gasteiger partial charge in [0.2, 0.25) is 5.91 Å². The minimum Gasteiger partial charge on any atom is -0.461 e. The average molecular weight is 356 g/mol. The van der Waals surface area contributed by atoms with Crippen LogP contribution in [0, 0.1) is 0 Å². The molecule has 0 saturated heterocycles. The first-order valence-corrected chi connectivity index (χ1v) is 8.57. The average Bonchev–Trinajstić information content (AvgIpc) is 2.92. The van der Waals surface area contributed by atoms with Crippen LogP contribution in [0.2, 0.25) is 0 Å². The van der Waals surface area contributed by atoms with E-state index in [1.54, 1.807) is 18.2 Å². The highest BCUT2D eigenvalue weighted by molar-refractivity contribution is 6.00. The number of benzene rings is 1. The molecule has 1 aliphatic heterocycles. The molecule has 2 heterocycles. The van der Waals surface area contributed by atoms with Crippen LogP contribution in [0.25, 0.3) is 0 Å². The van der Waals surface area contributed by atoms with E-state index in [0.29, 0.717) is 32.0 Å². The van der Waals surface area contributed by atoms with E-state index in [4.69, 9.17) is 9.47 Å². The highest BCUT2D eigenvalue weighted by atomic mass is 16.5. The van der Waals surface area contributed by atoms with Gasteiger partial charge in [-0.2, -0.15) is 4.98 Å². The number of hydrogen-bond donors (Lipinski definition) is 0. The number of carbonyl (C=O) groups is 1. The second-order valence-corrected chi connectivity index (χ2v) is 6.55. The predicted molar refractivity (Wildman–Crippen MR) is 98.1 cm³/mol. The lowest BCUT2D eigenvalue weighted by molar-refractivity contribution is -0.117. The first-order valence-electron chi connectivity index (χ1n) is 8.57. The Morgan fingerprint density at radius 3 is 2.58 bits per heavy atom. The van der Waals surface area contributed by atoms with Crippen molar-refractivity contribution >= 4 is 11.7 Å². The number of hydrogen-bond acceptors (Lipinski definition) is 6. The molecule has 0 saturated carbocycles. The summed E-state index contributed by atoms with van der Waals surface area (Å²) in [4.78, 5) is 24.8. The van der Waals surface area contributed by atoms with Crippen molar-refractivity contribution in [1.82, 2.24) is 14.9 Å². The van der Waals surface area contributed by atoms with Gasteiger partial charge >= 0.3 is 6.01 Å². The Morgan fingerprint density at radius 2 is 1.88 bits per heavy atom. The number of aromatic nitrogens is 2. The molecular formula is C19H24N4O3. The van der Waals surface area contributed by atoms with E-state index in [2.05, 4.69) is 39.1 Å². The van der Waals surface area contributed by atoms with Gasteiger partial charge in [0.1, 0.15) is 12.4 Å². The molecule has 1 aliphatic rings. The Kier molecular flexibility index (Phi) is 5.80. The summed E-state index contributed by atoms with van der Waals surface area (Å²) in [6.45, 7) is 2.21. The van der Waals surface area contributed by atoms with Crippen molar-refractivity contribution in [2.24, 2.45) is 0 Å². The number of amides is 1. The van der Waals surface area contributed by atoms with Crippen LogP contribution in [0.5, 0.6) is 6.01 Å². The third-order valence-electron chi connectivity index (χ3n) is 4.10. The normalized spacial score (nSPS) is 13.4. The summed E-state index contributed by atoms with van der Waals surface area (Å²) in [5.41, 5.74) is 3.13. The zero-order valence-electron chi connectivity index (χ0n) is 15.4. The summed E-state index contributed by atoms with van der Waals surface area (Å²) >= 11 is 0. The van der Waals surface area contributed by atoms with Crippen molar-refractivity contribution in [2.75, 3.05) is 39.3 Å². The van der Waals surface area contributed by atoms with E-state index >= 15 is 0 Å². The fourth-order valence-electron chi connectivity index (χ4n) is 2.86. The van der Waals surface area contributed by atoms with Crippen molar-refractivity contribution in [3.05, 3.63) is 47.2 Å². The maximum Gasteiger partial charge on any atom is 0.318 e. The predicted octanol–water partition coefficient (Wildman–Crippen LogP) is 1.65. The molecular weight excluding hydrogens is 332 g/mol. The fourth-order valence-corrected chi connectivity index (χ4v) is 2.86. The fraction of sp³-hybridized carbons (Fsp3) is 0.421. The van der Waals surface area contributed by atoms with E-state index in [9.17, 15) is 4.79 Å². The second kappa shape index (κ2) is 8.25. The van der Waals surface area contributed by atoms with E-state index in [-0.39, 0.29) is 11.9 Å². The van der Waals surface area contributed by atoms with E-state index < -0.39 is 0 Å². The number of rotatable bonds is 8. The number of fused-ring (bicyclic) bond motifs is 1. The van der Waals surface area contributed by atoms with Gasteiger partial charge in [0.25, 0.3) is 0 Å². The van der Waals surface area contributed by atoms with Crippen LogP contribution in [0.15, 0.2) is 30.5 Å². The highest BCUT2D eigenvalue weighted by Crippen LogP contribution is 2.29. The Bertz CT molecular complexity index is 762. The molecule has 2 aromatic rings. The van der Waals surface area contributed by atoms with Gasteiger partial charge in [-0.25, -0.2) is 4.98 Å². The lowest BCUT2D eigenvalue weighted by Crippen LogP contribution is -2.26. The van der Waals surface area contributed by atoms with Crippen LogP contribution >= 0.6 is 0 Å². The molecule has 7 heteroatoms. The monoisotopic (exact) mass is 356 g/mol. The molecule has 26 heavy (non-hydrogen) atoms. The highest BCUT2D eigenvalue weighted by Gasteiger charge is 2.29. The second-order valence-electron chi connectivity index (χ2n) is 6.55. The topological polar surface area (TPSA) is 67.8 Å². The van der Waals surface area contributed by atoms with Crippen LogP contribution in [0.3, 0.4) is 0 Å². The van der Waals surface area contributed by atoms with Gasteiger partial charge in [0.15, 0.2) is 0 Å². The van der Waals surface area contributed by atoms with Crippen molar-refractivity contribution in [3.63, 3.8) is 0 Å². The smallest absolute Gasteiger partial charge is 0.318 e. The Balaban J connectivity index is 1.73. The van der Waals surface area contributed by atoms with Crippen molar-refractivity contribution < 1.29 is 14.3 Å². The minimum atomic E-state index is 0.0284. The summed E-state index contributed by atoms with van der Waals surface area (Å²) in [5.74, 6) is 0.662. The van der Waals surface area contributed by atoms with E-state index in [1.807, 2.05) is 14.1 Å². The summed E-state index contributed by atoms with van der Waals surface area (Å²) in [6, 6.07) is 8.57. The van der Waals surface area contributed by atoms with Crippen molar-refractivity contribution in [1.29, 1.82) is 0 Å². The Hall–Kier alpha value is -2.51. The molecule has 0 aliphatic carbocycles. The summed E-state index contributed by atoms with van der Waals surface area (Å²) < 4.78 is 10.4. The summed E-state index contributed by atoms with van der Waals surface area (Å²) in [5, 5.41) is 0. The molecule has 0 fully saturated rings. The van der Waals surface area contributed by atoms with Crippen molar-refractivity contribution in [2.45, 2.75) is 19.5 Å². The standard InChI is InChI=1S/C19H24N4O3/c1-22(2)12-14-4-6-15(7-5-14)13-23-17(24)10-16-11-20-19(21-18(16)23)26-9-8-25-3/h4-7,11H,8-10,12-13H2,1-3H3. The molecule has 7 nitrogen and oxygen atoms in total. The maximum absolute atomic E-state index is 12.4. The van der Waals surface area contributed by atoms with Gasteiger partial charge in [-0.3, -0.25) is 9.69 Å². The molecule has 1 amide bonds. The molecule has 0 unspecified atom stereocenters. The third-order valence-corrected chi connectivity index (χ3v) is 4.10. The van der Waals surface area contributed by atoms with Gasteiger partial charge in [0.05, 0.1) is 19.6 Å². The summed E-state index contributed by atoms with van der Waals surface area (Å²) in [6.07, 6.45) is 1.99. The quantitative estimate of drug-likeness (QED) is 0.670. The van der Waals surface area contributed by atoms with Crippen LogP contribution in [-0.2, 0) is 29.0 Å². The lowest BCUT2D eigenvalue weighted by Gasteiger charge is -2.17. The number of methoxy groups -OCH3 is 1. The summed E-state index contributed by atoms with van der Waals surface area (Å²) in [7, 11) is 5.69. The van der Waals surface area contributed by atoms with Crippen LogP contribution < -0.4 is 9.64 Å². The SMILES string of the molecule is COCCOc1ncc2c(n1)N(Cc1ccc(CN(C)C)cc1)C(=O)C2. The van der Waals surface area contributed by atoms with Crippen molar-refractivity contribution in [3.8, 4) is 6.01 Å². The zero-order valence-corrected chi connectivity index (χ0v) is 15.4. The Labute approximate surface area is 153 Å². The van der Waals surface area contributed by atoms with Gasteiger partial charge in [-0.05, 0) is 25.2 Å². The largest absolute Gasteiger partial charge is 0.461 e. The van der Waals surface area contributed by atoms with Gasteiger partial charge < -0.3 is 14.4 Å². The number of ether oxygens (including phenoxy) is 2. The molecule has 0 atom stereocenters.